The van der Waals surface area contributed by atoms with Crippen LogP contribution in [0.3, 0.4) is 0 Å². The summed E-state index contributed by atoms with van der Waals surface area (Å²) in [6.45, 7) is 1.64. The van der Waals surface area contributed by atoms with Crippen LogP contribution < -0.4 is 0 Å². The number of hydrogen-bond donors (Lipinski definition) is 1. The number of halogens is 1. The number of hydrogen-bond acceptors (Lipinski definition) is 7. The number of carbonyl (C=O) groups excluding carboxylic acids is 1. The Hall–Kier alpha value is -2.48. The number of rotatable bonds is 6. The number of allylic oxidation sites excluding steroid dienone is 1. The molecule has 8 nitrogen and oxygen atoms in total. The summed E-state index contributed by atoms with van der Waals surface area (Å²) in [5.74, 6) is -1.82. The van der Waals surface area contributed by atoms with Crippen molar-refractivity contribution in [2.75, 3.05) is 12.5 Å². The summed E-state index contributed by atoms with van der Waals surface area (Å²) in [6, 6.07) is 5.58. The zero-order valence-corrected chi connectivity index (χ0v) is 11.8. The van der Waals surface area contributed by atoms with E-state index in [1.54, 1.807) is 6.92 Å². The van der Waals surface area contributed by atoms with Crippen molar-refractivity contribution < 1.29 is 19.6 Å². The minimum atomic E-state index is -0.919. The quantitative estimate of drug-likeness (QED) is 0.165. The number of aliphatic hydroxyl groups is 1. The second kappa shape index (κ2) is 7.95. The van der Waals surface area contributed by atoms with Gasteiger partial charge in [0.2, 0.25) is 5.70 Å². The largest absolute Gasteiger partial charge is 0.508 e. The number of nitrogens with zero attached hydrogens (tertiary/aromatic N) is 3. The van der Waals surface area contributed by atoms with E-state index in [2.05, 4.69) is 10.2 Å². The summed E-state index contributed by atoms with van der Waals surface area (Å²) < 4.78 is 4.69. The summed E-state index contributed by atoms with van der Waals surface area (Å²) in [7, 11) is 0. The molecule has 9 heteroatoms. The molecule has 0 aliphatic heterocycles. The first-order valence-electron chi connectivity index (χ1n) is 5.81. The normalized spacial score (nSPS) is 12.1. The molecule has 0 saturated carbocycles. The number of alkyl halides is 1. The monoisotopic (exact) mass is 313 g/mol. The molecule has 0 aromatic heterocycles. The van der Waals surface area contributed by atoms with Crippen molar-refractivity contribution >= 4 is 28.9 Å². The summed E-state index contributed by atoms with van der Waals surface area (Å²) in [5.41, 5.74) is -0.841. The topological polar surface area (TPSA) is 114 Å². The van der Waals surface area contributed by atoms with E-state index in [1.807, 2.05) is 0 Å². The minimum Gasteiger partial charge on any atom is -0.508 e. The maximum absolute atomic E-state index is 11.6. The first-order valence-corrected chi connectivity index (χ1v) is 6.35. The Morgan fingerprint density at radius 3 is 2.71 bits per heavy atom. The number of esters is 1. The Morgan fingerprint density at radius 1 is 1.48 bits per heavy atom. The molecule has 1 rings (SSSR count). The molecule has 0 spiro atoms. The van der Waals surface area contributed by atoms with Crippen molar-refractivity contribution in [1.82, 2.24) is 0 Å². The highest BCUT2D eigenvalue weighted by molar-refractivity contribution is 6.19. The molecule has 21 heavy (non-hydrogen) atoms. The lowest BCUT2D eigenvalue weighted by Crippen LogP contribution is -2.09. The van der Waals surface area contributed by atoms with Gasteiger partial charge in [-0.2, -0.15) is 0 Å². The number of ether oxygens (including phenoxy) is 1. The molecule has 112 valence electrons. The predicted molar refractivity (Wildman–Crippen MR) is 74.6 cm³/mol. The van der Waals surface area contributed by atoms with Crippen molar-refractivity contribution in [3.05, 3.63) is 45.8 Å². The van der Waals surface area contributed by atoms with Gasteiger partial charge in [-0.1, -0.05) is 12.1 Å². The zero-order valence-electron chi connectivity index (χ0n) is 11.0. The summed E-state index contributed by atoms with van der Waals surface area (Å²) in [5, 5.41) is 27.5. The molecule has 0 radical (unpaired) electrons. The molecule has 0 aliphatic carbocycles. The van der Waals surface area contributed by atoms with E-state index in [-0.39, 0.29) is 23.9 Å². The van der Waals surface area contributed by atoms with Gasteiger partial charge >= 0.3 is 5.97 Å². The Labute approximate surface area is 124 Å². The van der Waals surface area contributed by atoms with Crippen LogP contribution in [0.25, 0.3) is 0 Å². The lowest BCUT2D eigenvalue weighted by molar-refractivity contribution is -0.384. The van der Waals surface area contributed by atoms with Gasteiger partial charge < -0.3 is 9.84 Å². The number of para-hydroxylation sites is 1. The van der Waals surface area contributed by atoms with Crippen molar-refractivity contribution in [3.63, 3.8) is 0 Å². The van der Waals surface area contributed by atoms with Crippen molar-refractivity contribution in [1.29, 1.82) is 0 Å². The van der Waals surface area contributed by atoms with Crippen LogP contribution in [0.1, 0.15) is 6.92 Å². The molecule has 1 aromatic rings. The van der Waals surface area contributed by atoms with Crippen LogP contribution in [0, 0.1) is 10.1 Å². The van der Waals surface area contributed by atoms with Crippen LogP contribution >= 0.6 is 11.6 Å². The van der Waals surface area contributed by atoms with Crippen LogP contribution in [0.4, 0.5) is 11.4 Å². The smallest absolute Gasteiger partial charge is 0.362 e. The second-order valence-electron chi connectivity index (χ2n) is 3.60. The van der Waals surface area contributed by atoms with E-state index in [1.165, 1.54) is 24.3 Å². The van der Waals surface area contributed by atoms with E-state index in [0.29, 0.717) is 0 Å². The first kappa shape index (κ1) is 16.6. The van der Waals surface area contributed by atoms with Crippen LogP contribution in [-0.2, 0) is 9.53 Å². The Bertz CT molecular complexity index is 600. The third kappa shape index (κ3) is 4.53. The lowest BCUT2D eigenvalue weighted by atomic mass is 10.3. The maximum atomic E-state index is 11.6. The van der Waals surface area contributed by atoms with E-state index in [4.69, 9.17) is 16.3 Å². The molecule has 0 bridgehead atoms. The third-order valence-corrected chi connectivity index (χ3v) is 2.46. The van der Waals surface area contributed by atoms with Crippen LogP contribution in [-0.4, -0.2) is 28.5 Å². The van der Waals surface area contributed by atoms with Crippen molar-refractivity contribution in [2.24, 2.45) is 10.2 Å². The summed E-state index contributed by atoms with van der Waals surface area (Å²) in [4.78, 5) is 21.8. The van der Waals surface area contributed by atoms with Crippen LogP contribution in [0.2, 0.25) is 0 Å². The lowest BCUT2D eigenvalue weighted by Gasteiger charge is -2.03. The van der Waals surface area contributed by atoms with Gasteiger partial charge in [0.1, 0.15) is 5.76 Å². The number of nitro benzene ring substituents is 1. The van der Waals surface area contributed by atoms with Gasteiger partial charge in [0, 0.05) is 6.07 Å². The highest BCUT2D eigenvalue weighted by Crippen LogP contribution is 2.27. The molecule has 0 unspecified atom stereocenters. The van der Waals surface area contributed by atoms with Gasteiger partial charge in [-0.3, -0.25) is 10.1 Å². The Morgan fingerprint density at radius 2 is 2.14 bits per heavy atom. The molecule has 1 N–H and O–H groups in total. The van der Waals surface area contributed by atoms with Gasteiger partial charge in [0.05, 0.1) is 17.4 Å². The van der Waals surface area contributed by atoms with Gasteiger partial charge in [0.15, 0.2) is 5.69 Å². The number of azo groups is 1. The number of aliphatic hydroxyl groups excluding tert-OH is 1. The van der Waals surface area contributed by atoms with Gasteiger partial charge in [-0.15, -0.1) is 21.8 Å². The van der Waals surface area contributed by atoms with Crippen LogP contribution in [0.5, 0.6) is 0 Å². The summed E-state index contributed by atoms with van der Waals surface area (Å²) in [6.07, 6.45) is 0. The molecular weight excluding hydrogens is 302 g/mol. The van der Waals surface area contributed by atoms with Gasteiger partial charge in [-0.25, -0.2) is 4.79 Å². The highest BCUT2D eigenvalue weighted by atomic mass is 35.5. The fraction of sp³-hybridized carbons (Fsp3) is 0.250. The standard InChI is InChI=1S/C12H12ClN3O5/c1-2-21-12(18)11(10(17)7-13)15-14-8-5-3-4-6-9(8)16(19)20/h3-6,17H,2,7H2,1H3. The number of carbonyl (C=O) groups is 1. The van der Waals surface area contributed by atoms with E-state index >= 15 is 0 Å². The zero-order chi connectivity index (χ0) is 15.8. The Kier molecular flexibility index (Phi) is 6.28. The fourth-order valence-electron chi connectivity index (χ4n) is 1.29. The average Bonchev–Trinajstić information content (AvgIpc) is 2.47. The molecule has 0 saturated heterocycles. The molecule has 0 aliphatic rings. The highest BCUT2D eigenvalue weighted by Gasteiger charge is 2.17. The molecule has 0 amide bonds. The Balaban J connectivity index is 3.16. The molecule has 0 heterocycles. The van der Waals surface area contributed by atoms with Crippen LogP contribution in [0.15, 0.2) is 46.0 Å². The average molecular weight is 314 g/mol. The van der Waals surface area contributed by atoms with Gasteiger partial charge in [0.25, 0.3) is 5.69 Å². The van der Waals surface area contributed by atoms with E-state index in [9.17, 15) is 20.0 Å². The van der Waals surface area contributed by atoms with E-state index < -0.39 is 22.3 Å². The molecular formula is C12H12ClN3O5. The van der Waals surface area contributed by atoms with E-state index in [0.717, 1.165) is 0 Å². The first-order chi connectivity index (χ1) is 10.0. The molecule has 1 aromatic carbocycles. The maximum Gasteiger partial charge on any atom is 0.362 e. The third-order valence-electron chi connectivity index (χ3n) is 2.20. The molecule has 0 atom stereocenters. The predicted octanol–water partition coefficient (Wildman–Crippen LogP) is 3.25. The van der Waals surface area contributed by atoms with Gasteiger partial charge in [-0.05, 0) is 13.0 Å². The SMILES string of the molecule is CCOC(=O)C(N=Nc1ccccc1[N+](=O)[O-])=C(O)CCl. The number of nitro groups is 1. The number of benzene rings is 1. The fourth-order valence-corrected chi connectivity index (χ4v) is 1.41. The minimum absolute atomic E-state index is 0.0633. The van der Waals surface area contributed by atoms with Crippen molar-refractivity contribution in [2.45, 2.75) is 6.92 Å². The van der Waals surface area contributed by atoms with Crippen molar-refractivity contribution in [3.8, 4) is 0 Å². The molecule has 0 fully saturated rings. The second-order valence-corrected chi connectivity index (χ2v) is 3.86. The summed E-state index contributed by atoms with van der Waals surface area (Å²) >= 11 is 5.43.